The van der Waals surface area contributed by atoms with Crippen molar-refractivity contribution in [2.24, 2.45) is 10.9 Å². The van der Waals surface area contributed by atoms with Gasteiger partial charge in [-0.15, -0.1) is 11.3 Å². The van der Waals surface area contributed by atoms with Gasteiger partial charge in [0.15, 0.2) is 4.80 Å². The first-order valence-electron chi connectivity index (χ1n) is 5.87. The van der Waals surface area contributed by atoms with E-state index in [-0.39, 0.29) is 0 Å². The van der Waals surface area contributed by atoms with Crippen LogP contribution in [0.25, 0.3) is 0 Å². The Hall–Kier alpha value is -0.770. The maximum atomic E-state index is 6.15. The first-order chi connectivity index (χ1) is 8.74. The monoisotopic (exact) mass is 298 g/mol. The topological polar surface area (TPSA) is 17.3 Å². The molecule has 2 nitrogen and oxygen atoms in total. The van der Waals surface area contributed by atoms with Gasteiger partial charge in [-0.05, 0) is 30.9 Å². The lowest BCUT2D eigenvalue weighted by Crippen LogP contribution is -2.14. The van der Waals surface area contributed by atoms with Crippen LogP contribution in [0.15, 0.2) is 34.8 Å². The van der Waals surface area contributed by atoms with Crippen molar-refractivity contribution in [3.63, 3.8) is 0 Å². The Labute approximate surface area is 120 Å². The molecule has 0 bridgehead atoms. The third-order valence-corrected chi connectivity index (χ3v) is 4.56. The first-order valence-corrected chi connectivity index (χ1v) is 7.50. The zero-order valence-corrected chi connectivity index (χ0v) is 12.0. The van der Waals surface area contributed by atoms with Crippen molar-refractivity contribution in [3.05, 3.63) is 44.6 Å². The predicted octanol–water partition coefficient (Wildman–Crippen LogP) is 4.50. The van der Waals surface area contributed by atoms with Gasteiger partial charge in [0.25, 0.3) is 0 Å². The summed E-state index contributed by atoms with van der Waals surface area (Å²) in [5, 5.41) is 3.12. The molecule has 0 saturated heterocycles. The molecule has 1 aliphatic carbocycles. The quantitative estimate of drug-likeness (QED) is 0.794. The molecule has 1 heterocycles. The highest BCUT2D eigenvalue weighted by Crippen LogP contribution is 2.32. The second-order valence-corrected chi connectivity index (χ2v) is 6.12. The Kier molecular flexibility index (Phi) is 3.46. The van der Waals surface area contributed by atoms with E-state index < -0.39 is 0 Å². The van der Waals surface area contributed by atoms with E-state index >= 15 is 0 Å². The van der Waals surface area contributed by atoms with Crippen LogP contribution in [0.1, 0.15) is 12.8 Å². The van der Waals surface area contributed by atoms with E-state index in [2.05, 4.69) is 21.1 Å². The third kappa shape index (κ3) is 2.63. The molecule has 1 saturated carbocycles. The molecular formula is C13H12Cl2N2S. The van der Waals surface area contributed by atoms with Crippen LogP contribution < -0.4 is 4.80 Å². The second kappa shape index (κ2) is 5.08. The molecule has 0 N–H and O–H groups in total. The number of thiazole rings is 1. The minimum atomic E-state index is 0.519. The molecular weight excluding hydrogens is 287 g/mol. The molecule has 1 aliphatic rings. The zero-order chi connectivity index (χ0) is 12.5. The fourth-order valence-corrected chi connectivity index (χ4v) is 2.88. The highest BCUT2D eigenvalue weighted by molar-refractivity contribution is 7.07. The molecule has 0 spiro atoms. The van der Waals surface area contributed by atoms with Gasteiger partial charge in [0.2, 0.25) is 0 Å². The number of hydrogen-bond donors (Lipinski definition) is 0. The van der Waals surface area contributed by atoms with Crippen molar-refractivity contribution in [3.8, 4) is 0 Å². The van der Waals surface area contributed by atoms with Crippen LogP contribution in [-0.2, 0) is 6.54 Å². The van der Waals surface area contributed by atoms with Crippen molar-refractivity contribution >= 4 is 40.2 Å². The maximum Gasteiger partial charge on any atom is 0.189 e. The number of benzene rings is 1. The van der Waals surface area contributed by atoms with Gasteiger partial charge in [-0.2, -0.15) is 0 Å². The lowest BCUT2D eigenvalue weighted by molar-refractivity contribution is 0.612. The van der Waals surface area contributed by atoms with E-state index in [9.17, 15) is 0 Å². The van der Waals surface area contributed by atoms with Gasteiger partial charge >= 0.3 is 0 Å². The zero-order valence-electron chi connectivity index (χ0n) is 9.64. The second-order valence-electron chi connectivity index (χ2n) is 4.47. The molecule has 3 rings (SSSR count). The predicted molar refractivity (Wildman–Crippen MR) is 76.7 cm³/mol. The molecule has 0 aliphatic heterocycles. The van der Waals surface area contributed by atoms with E-state index in [1.165, 1.54) is 12.8 Å². The Morgan fingerprint density at radius 3 is 2.94 bits per heavy atom. The summed E-state index contributed by atoms with van der Waals surface area (Å²) >= 11 is 13.8. The van der Waals surface area contributed by atoms with Gasteiger partial charge in [0, 0.05) is 18.1 Å². The minimum absolute atomic E-state index is 0.519. The van der Waals surface area contributed by atoms with E-state index in [4.69, 9.17) is 23.2 Å². The molecule has 1 aromatic carbocycles. The van der Waals surface area contributed by atoms with Crippen LogP contribution in [0.4, 0.5) is 5.69 Å². The first kappa shape index (κ1) is 12.3. The molecule has 1 fully saturated rings. The van der Waals surface area contributed by atoms with E-state index in [1.807, 2.05) is 12.1 Å². The number of hydrogen-bond acceptors (Lipinski definition) is 2. The normalized spacial score (nSPS) is 16.2. The Bertz CT molecular complexity index is 626. The van der Waals surface area contributed by atoms with Crippen molar-refractivity contribution in [2.75, 3.05) is 0 Å². The Balaban J connectivity index is 2.00. The number of aromatic nitrogens is 1. The van der Waals surface area contributed by atoms with Gasteiger partial charge in [0.1, 0.15) is 0 Å². The summed E-state index contributed by atoms with van der Waals surface area (Å²) < 4.78 is 2.19. The van der Waals surface area contributed by atoms with Gasteiger partial charge in [-0.1, -0.05) is 29.3 Å². The Morgan fingerprint density at radius 2 is 2.17 bits per heavy atom. The molecule has 0 amide bonds. The largest absolute Gasteiger partial charge is 0.323 e. The fourth-order valence-electron chi connectivity index (χ4n) is 1.79. The fraction of sp³-hybridized carbons (Fsp3) is 0.308. The van der Waals surface area contributed by atoms with Gasteiger partial charge in [-0.3, -0.25) is 0 Å². The molecule has 2 aromatic rings. The highest BCUT2D eigenvalue weighted by atomic mass is 35.5. The molecule has 1 aromatic heterocycles. The van der Waals surface area contributed by atoms with E-state index in [0.717, 1.165) is 23.0 Å². The minimum Gasteiger partial charge on any atom is -0.323 e. The molecule has 0 radical (unpaired) electrons. The molecule has 0 atom stereocenters. The van der Waals surface area contributed by atoms with Crippen LogP contribution in [0.2, 0.25) is 10.0 Å². The molecule has 5 heteroatoms. The number of rotatable bonds is 3. The smallest absolute Gasteiger partial charge is 0.189 e. The summed E-state index contributed by atoms with van der Waals surface area (Å²) in [5.41, 5.74) is 0.733. The summed E-state index contributed by atoms with van der Waals surface area (Å²) in [6.45, 7) is 1.06. The molecule has 94 valence electrons. The Morgan fingerprint density at radius 1 is 1.33 bits per heavy atom. The number of halogens is 2. The maximum absolute atomic E-state index is 6.15. The summed E-state index contributed by atoms with van der Waals surface area (Å²) in [6.07, 6.45) is 4.75. The highest BCUT2D eigenvalue weighted by Gasteiger charge is 2.21. The van der Waals surface area contributed by atoms with Crippen molar-refractivity contribution in [1.82, 2.24) is 4.57 Å². The van der Waals surface area contributed by atoms with Crippen molar-refractivity contribution < 1.29 is 0 Å². The summed E-state index contributed by atoms with van der Waals surface area (Å²) in [5.74, 6) is 0.827. The number of nitrogens with zero attached hydrogens (tertiary/aromatic N) is 2. The SMILES string of the molecule is Clc1cccc(N=c2sccn2CC2CC2)c1Cl. The summed E-state index contributed by atoms with van der Waals surface area (Å²) in [4.78, 5) is 5.59. The van der Waals surface area contributed by atoms with Gasteiger partial charge < -0.3 is 4.57 Å². The molecule has 18 heavy (non-hydrogen) atoms. The summed E-state index contributed by atoms with van der Waals surface area (Å²) in [6, 6.07) is 5.52. The van der Waals surface area contributed by atoms with E-state index in [0.29, 0.717) is 10.0 Å². The average Bonchev–Trinajstić information content (AvgIpc) is 3.06. The standard InChI is InChI=1S/C13H12Cl2N2S/c14-10-2-1-3-11(12(10)15)16-13-17(6-7-18-13)8-9-4-5-9/h1-3,6-7,9H,4-5,8H2. The lowest BCUT2D eigenvalue weighted by Gasteiger charge is -2.02. The average molecular weight is 299 g/mol. The van der Waals surface area contributed by atoms with Crippen LogP contribution in [0.3, 0.4) is 0 Å². The van der Waals surface area contributed by atoms with Crippen molar-refractivity contribution in [1.29, 1.82) is 0 Å². The third-order valence-electron chi connectivity index (χ3n) is 2.96. The summed E-state index contributed by atoms with van der Waals surface area (Å²) in [7, 11) is 0. The van der Waals surface area contributed by atoms with Gasteiger partial charge in [-0.25, -0.2) is 4.99 Å². The molecule has 0 unspecified atom stereocenters. The van der Waals surface area contributed by atoms with Crippen LogP contribution >= 0.6 is 34.5 Å². The van der Waals surface area contributed by atoms with Crippen LogP contribution in [0.5, 0.6) is 0 Å². The van der Waals surface area contributed by atoms with Gasteiger partial charge in [0.05, 0.1) is 15.7 Å². The van der Waals surface area contributed by atoms with Crippen LogP contribution in [-0.4, -0.2) is 4.57 Å². The van der Waals surface area contributed by atoms with Crippen LogP contribution in [0, 0.1) is 5.92 Å². The lowest BCUT2D eigenvalue weighted by atomic mass is 10.3. The van der Waals surface area contributed by atoms with Crippen molar-refractivity contribution in [2.45, 2.75) is 19.4 Å². The van der Waals surface area contributed by atoms with E-state index in [1.54, 1.807) is 17.4 Å².